The molecule has 0 radical (unpaired) electrons. The molecule has 0 unspecified atom stereocenters. The molecule has 14 heavy (non-hydrogen) atoms. The molecule has 0 aromatic rings. The maximum atomic E-state index is 10.1. The summed E-state index contributed by atoms with van der Waals surface area (Å²) < 4.78 is 5.00. The van der Waals surface area contributed by atoms with Gasteiger partial charge in [-0.25, -0.2) is 0 Å². The van der Waals surface area contributed by atoms with Gasteiger partial charge in [0.1, 0.15) is 0 Å². The number of unbranched alkanes of at least 4 members (excludes halogenated alkanes) is 1. The summed E-state index contributed by atoms with van der Waals surface area (Å²) in [5, 5.41) is 10.1. The Balaban J connectivity index is 1.54. The highest BCUT2D eigenvalue weighted by Crippen LogP contribution is 2.44. The molecule has 1 heterocycles. The molecule has 1 aliphatic heterocycles. The van der Waals surface area contributed by atoms with E-state index < -0.39 is 0 Å². The highest BCUT2D eigenvalue weighted by Gasteiger charge is 2.51. The molecule has 0 aromatic carbocycles. The number of β-amino-alcohol motifs (C(OH)–C–C–N with tert-alkyl or cyclic N) is 1. The van der Waals surface area contributed by atoms with Crippen molar-refractivity contribution in [3.63, 3.8) is 0 Å². The van der Waals surface area contributed by atoms with E-state index in [4.69, 9.17) is 4.74 Å². The van der Waals surface area contributed by atoms with Crippen LogP contribution in [0.3, 0.4) is 0 Å². The minimum absolute atomic E-state index is 0.304. The first-order valence-electron chi connectivity index (χ1n) is 5.68. The minimum atomic E-state index is -0.304. The SMILES string of the molecule is COCCCCN1CC(O)(C2CC2)C1. The zero-order valence-corrected chi connectivity index (χ0v) is 9.04. The van der Waals surface area contributed by atoms with Crippen LogP contribution in [0.1, 0.15) is 25.7 Å². The highest BCUT2D eigenvalue weighted by molar-refractivity contribution is 5.05. The summed E-state index contributed by atoms with van der Waals surface area (Å²) in [7, 11) is 1.75. The van der Waals surface area contributed by atoms with Crippen molar-refractivity contribution in [1.82, 2.24) is 4.90 Å². The maximum absolute atomic E-state index is 10.1. The van der Waals surface area contributed by atoms with Crippen molar-refractivity contribution in [2.75, 3.05) is 33.4 Å². The summed E-state index contributed by atoms with van der Waals surface area (Å²) in [6.45, 7) is 3.80. The van der Waals surface area contributed by atoms with Crippen LogP contribution in [0.4, 0.5) is 0 Å². The summed E-state index contributed by atoms with van der Waals surface area (Å²) in [4.78, 5) is 2.36. The van der Waals surface area contributed by atoms with E-state index in [1.807, 2.05) is 0 Å². The number of nitrogens with zero attached hydrogens (tertiary/aromatic N) is 1. The highest BCUT2D eigenvalue weighted by atomic mass is 16.5. The summed E-state index contributed by atoms with van der Waals surface area (Å²) in [6, 6.07) is 0. The molecule has 0 amide bonds. The van der Waals surface area contributed by atoms with Crippen molar-refractivity contribution in [3.8, 4) is 0 Å². The maximum Gasteiger partial charge on any atom is 0.0928 e. The Kier molecular flexibility index (Phi) is 3.10. The first kappa shape index (κ1) is 10.4. The third-order valence-corrected chi connectivity index (χ3v) is 3.40. The lowest BCUT2D eigenvalue weighted by atomic mass is 9.88. The van der Waals surface area contributed by atoms with Gasteiger partial charge in [-0.05, 0) is 38.1 Å². The molecule has 1 aliphatic carbocycles. The van der Waals surface area contributed by atoms with Gasteiger partial charge in [-0.15, -0.1) is 0 Å². The van der Waals surface area contributed by atoms with E-state index in [1.165, 1.54) is 19.3 Å². The average molecular weight is 199 g/mol. The normalized spacial score (nSPS) is 26.1. The first-order chi connectivity index (χ1) is 6.74. The minimum Gasteiger partial charge on any atom is -0.387 e. The van der Waals surface area contributed by atoms with Crippen LogP contribution in [-0.4, -0.2) is 49.0 Å². The summed E-state index contributed by atoms with van der Waals surface area (Å²) in [6.07, 6.45) is 4.81. The quantitative estimate of drug-likeness (QED) is 0.644. The van der Waals surface area contributed by atoms with Gasteiger partial charge in [0.15, 0.2) is 0 Å². The summed E-state index contributed by atoms with van der Waals surface area (Å²) >= 11 is 0. The molecule has 0 atom stereocenters. The van der Waals surface area contributed by atoms with Crippen LogP contribution in [0, 0.1) is 5.92 Å². The van der Waals surface area contributed by atoms with Crippen LogP contribution >= 0.6 is 0 Å². The molecule has 3 nitrogen and oxygen atoms in total. The van der Waals surface area contributed by atoms with Crippen molar-refractivity contribution in [1.29, 1.82) is 0 Å². The molecule has 2 aliphatic rings. The van der Waals surface area contributed by atoms with Gasteiger partial charge in [-0.1, -0.05) is 0 Å². The molecule has 1 saturated heterocycles. The second-order valence-corrected chi connectivity index (χ2v) is 4.79. The monoisotopic (exact) mass is 199 g/mol. The Morgan fingerprint density at radius 1 is 1.36 bits per heavy atom. The molecular formula is C11H21NO2. The molecule has 0 bridgehead atoms. The van der Waals surface area contributed by atoms with Gasteiger partial charge < -0.3 is 9.84 Å². The van der Waals surface area contributed by atoms with Crippen LogP contribution in [0.15, 0.2) is 0 Å². The molecule has 0 spiro atoms. The van der Waals surface area contributed by atoms with Gasteiger partial charge in [0.05, 0.1) is 5.60 Å². The van der Waals surface area contributed by atoms with Gasteiger partial charge in [-0.2, -0.15) is 0 Å². The van der Waals surface area contributed by atoms with E-state index in [0.29, 0.717) is 5.92 Å². The molecule has 0 aromatic heterocycles. The predicted molar refractivity (Wildman–Crippen MR) is 55.2 cm³/mol. The van der Waals surface area contributed by atoms with E-state index in [0.717, 1.165) is 32.7 Å². The van der Waals surface area contributed by atoms with Crippen molar-refractivity contribution in [3.05, 3.63) is 0 Å². The van der Waals surface area contributed by atoms with E-state index in [2.05, 4.69) is 4.90 Å². The third kappa shape index (κ3) is 2.27. The van der Waals surface area contributed by atoms with Crippen molar-refractivity contribution in [2.24, 2.45) is 5.92 Å². The predicted octanol–water partition coefficient (Wildman–Crippen LogP) is 0.870. The Labute approximate surface area is 86.0 Å². The third-order valence-electron chi connectivity index (χ3n) is 3.40. The number of ether oxygens (including phenoxy) is 1. The van der Waals surface area contributed by atoms with Crippen molar-refractivity contribution < 1.29 is 9.84 Å². The van der Waals surface area contributed by atoms with Crippen LogP contribution < -0.4 is 0 Å². The number of hydrogen-bond donors (Lipinski definition) is 1. The van der Waals surface area contributed by atoms with Crippen LogP contribution in [-0.2, 0) is 4.74 Å². The number of likely N-dealkylation sites (tertiary alicyclic amines) is 1. The standard InChI is InChI=1S/C11H21NO2/c1-14-7-3-2-6-12-8-11(13,9-12)10-4-5-10/h10,13H,2-9H2,1H3. The molecular weight excluding hydrogens is 178 g/mol. The molecule has 1 N–H and O–H groups in total. The summed E-state index contributed by atoms with van der Waals surface area (Å²) in [5.74, 6) is 0.623. The lowest BCUT2D eigenvalue weighted by Crippen LogP contribution is -2.63. The van der Waals surface area contributed by atoms with E-state index >= 15 is 0 Å². The summed E-state index contributed by atoms with van der Waals surface area (Å²) in [5.41, 5.74) is -0.304. The second-order valence-electron chi connectivity index (χ2n) is 4.79. The largest absolute Gasteiger partial charge is 0.387 e. The zero-order valence-electron chi connectivity index (χ0n) is 9.04. The van der Waals surface area contributed by atoms with Crippen LogP contribution in [0.2, 0.25) is 0 Å². The number of hydrogen-bond acceptors (Lipinski definition) is 3. The van der Waals surface area contributed by atoms with E-state index in [-0.39, 0.29) is 5.60 Å². The van der Waals surface area contributed by atoms with E-state index in [9.17, 15) is 5.11 Å². The van der Waals surface area contributed by atoms with Crippen molar-refractivity contribution >= 4 is 0 Å². The fraction of sp³-hybridized carbons (Fsp3) is 1.00. The molecule has 3 heteroatoms. The zero-order chi connectivity index (χ0) is 10.0. The average Bonchev–Trinajstić information content (AvgIpc) is 2.91. The van der Waals surface area contributed by atoms with Gasteiger partial charge in [-0.3, -0.25) is 4.90 Å². The fourth-order valence-electron chi connectivity index (χ4n) is 2.35. The molecule has 1 saturated carbocycles. The Morgan fingerprint density at radius 2 is 2.07 bits per heavy atom. The molecule has 2 rings (SSSR count). The smallest absolute Gasteiger partial charge is 0.0928 e. The lowest BCUT2D eigenvalue weighted by Gasteiger charge is -2.47. The number of methoxy groups -OCH3 is 1. The van der Waals surface area contributed by atoms with Gasteiger partial charge >= 0.3 is 0 Å². The van der Waals surface area contributed by atoms with Crippen LogP contribution in [0.5, 0.6) is 0 Å². The topological polar surface area (TPSA) is 32.7 Å². The Morgan fingerprint density at radius 3 is 2.64 bits per heavy atom. The Hall–Kier alpha value is -0.120. The molecule has 2 fully saturated rings. The lowest BCUT2D eigenvalue weighted by molar-refractivity contribution is -0.113. The van der Waals surface area contributed by atoms with E-state index in [1.54, 1.807) is 7.11 Å². The Bertz CT molecular complexity index is 186. The van der Waals surface area contributed by atoms with Crippen molar-refractivity contribution in [2.45, 2.75) is 31.3 Å². The fourth-order valence-corrected chi connectivity index (χ4v) is 2.35. The van der Waals surface area contributed by atoms with Crippen LogP contribution in [0.25, 0.3) is 0 Å². The first-order valence-corrected chi connectivity index (χ1v) is 5.68. The molecule has 82 valence electrons. The van der Waals surface area contributed by atoms with Gasteiger partial charge in [0.2, 0.25) is 0 Å². The van der Waals surface area contributed by atoms with Gasteiger partial charge in [0, 0.05) is 26.8 Å². The second kappa shape index (κ2) is 4.17. The number of rotatable bonds is 6. The van der Waals surface area contributed by atoms with Gasteiger partial charge in [0.25, 0.3) is 0 Å². The number of aliphatic hydroxyl groups is 1.